The summed E-state index contributed by atoms with van der Waals surface area (Å²) < 4.78 is 25.6. The van der Waals surface area contributed by atoms with Crippen molar-refractivity contribution in [3.05, 3.63) is 0 Å². The second-order valence-corrected chi connectivity index (χ2v) is 1.06. The molecule has 0 aromatic carbocycles. The van der Waals surface area contributed by atoms with Gasteiger partial charge in [-0.1, -0.05) is 0 Å². The molecule has 0 atom stereocenters. The van der Waals surface area contributed by atoms with Gasteiger partial charge < -0.3 is 0 Å². The Morgan fingerprint density at radius 2 is 1.60 bits per heavy atom. The average Bonchev–Trinajstić information content (AvgIpc) is 0.811. The van der Waals surface area contributed by atoms with Crippen molar-refractivity contribution in [1.29, 1.82) is 0 Å². The van der Waals surface area contributed by atoms with Gasteiger partial charge in [0.15, 0.2) is 0 Å². The van der Waals surface area contributed by atoms with Crippen LogP contribution in [-0.4, -0.2) is 14.5 Å². The Morgan fingerprint density at radius 1 is 1.60 bits per heavy atom. The zero-order valence-corrected chi connectivity index (χ0v) is 4.72. The molecule has 0 aromatic rings. The Hall–Kier alpha value is 0.746. The topological polar surface area (TPSA) is 63.2 Å². The van der Waals surface area contributed by atoms with Gasteiger partial charge in [0.25, 0.3) is 0 Å². The van der Waals surface area contributed by atoms with Gasteiger partial charge in [-0.05, 0) is 0 Å². The molecule has 0 amide bonds. The first-order valence-electron chi connectivity index (χ1n) is 0.500. The zero-order valence-electron chi connectivity index (χ0n) is 2.97. The van der Waals surface area contributed by atoms with Crippen LogP contribution >= 0.6 is 0 Å². The van der Waals surface area contributed by atoms with Crippen LogP contribution in [0.2, 0.25) is 0 Å². The Kier molecular flexibility index (Phi) is 8.75. The fraction of sp³-hybridized carbons (Fsp3) is 0. The maximum Gasteiger partial charge on any atom is 2.00 e. The summed E-state index contributed by atoms with van der Waals surface area (Å²) in [4.78, 5) is 0. The molecular weight excluding hydrogens is 186 g/mol. The summed E-state index contributed by atoms with van der Waals surface area (Å²) in [7, 11) is 0. The molecule has 0 aliphatic heterocycles. The van der Waals surface area contributed by atoms with Crippen molar-refractivity contribution < 1.29 is 30.4 Å². The fourth-order valence-corrected chi connectivity index (χ4v) is 0. The minimum Gasteiger partial charge on any atom is 1.00 e. The first kappa shape index (κ1) is 9.22. The average molecular weight is 187 g/mol. The molecule has 3 nitrogen and oxygen atoms in total. The molecule has 0 bridgehead atoms. The summed E-state index contributed by atoms with van der Waals surface area (Å²) >= 11 is -3.79. The summed E-state index contributed by atoms with van der Waals surface area (Å²) in [6.45, 7) is 0. The normalized spacial score (nSPS) is 7.00. The summed E-state index contributed by atoms with van der Waals surface area (Å²) in [5.41, 5.74) is 0. The van der Waals surface area contributed by atoms with E-state index >= 15 is 0 Å². The first-order valence-corrected chi connectivity index (χ1v) is 2.60. The fourth-order valence-electron chi connectivity index (χ4n) is 0. The standard InChI is InChI=1S/Co.H2O3Se/c;1-4(2)3/h;(H2,1,2,3)/q+2;/p-1. The van der Waals surface area contributed by atoms with Gasteiger partial charge in [0.1, 0.15) is 0 Å². The van der Waals surface area contributed by atoms with Crippen molar-refractivity contribution in [2.24, 2.45) is 0 Å². The summed E-state index contributed by atoms with van der Waals surface area (Å²) in [5, 5.41) is 0. The molecule has 33 valence electrons. The maximum absolute atomic E-state index is 8.54. The molecule has 0 rings (SSSR count). The van der Waals surface area contributed by atoms with Crippen LogP contribution in [0.15, 0.2) is 0 Å². The van der Waals surface area contributed by atoms with E-state index in [1.165, 1.54) is 0 Å². The van der Waals surface area contributed by atoms with Crippen LogP contribution in [0.5, 0.6) is 0 Å². The minimum absolute atomic E-state index is 0. The van der Waals surface area contributed by atoms with Gasteiger partial charge in [-0.2, -0.15) is 0 Å². The third-order valence-corrected chi connectivity index (χ3v) is 0. The van der Waals surface area contributed by atoms with E-state index in [0.29, 0.717) is 0 Å². The molecule has 0 saturated heterocycles. The van der Waals surface area contributed by atoms with Gasteiger partial charge in [0.05, 0.1) is 0 Å². The van der Waals surface area contributed by atoms with Crippen molar-refractivity contribution in [2.75, 3.05) is 0 Å². The third kappa shape index (κ3) is 64.3. The predicted molar refractivity (Wildman–Crippen MR) is 7.55 cm³/mol. The molecule has 0 saturated carbocycles. The Labute approximate surface area is 45.4 Å². The van der Waals surface area contributed by atoms with Gasteiger partial charge in [-0.3, -0.25) is 0 Å². The Bertz CT molecular complexity index is 33.8. The molecule has 0 fully saturated rings. The maximum atomic E-state index is 8.54. The molecule has 0 spiro atoms. The summed E-state index contributed by atoms with van der Waals surface area (Å²) in [5.74, 6) is 0. The largest absolute Gasteiger partial charge is 2.00 e. The van der Waals surface area contributed by atoms with Crippen molar-refractivity contribution in [3.63, 3.8) is 0 Å². The number of rotatable bonds is 0. The van der Waals surface area contributed by atoms with E-state index in [4.69, 9.17) is 12.2 Å². The van der Waals surface area contributed by atoms with E-state index in [9.17, 15) is 0 Å². The molecule has 5 heavy (non-hydrogen) atoms. The third-order valence-electron chi connectivity index (χ3n) is 0. The first-order chi connectivity index (χ1) is 1.73. The van der Waals surface area contributed by atoms with E-state index < -0.39 is 14.5 Å². The SMILES string of the molecule is O=[Se]([O-])[O-].[Co+2].[H+]. The van der Waals surface area contributed by atoms with Crippen molar-refractivity contribution in [3.8, 4) is 0 Å². The summed E-state index contributed by atoms with van der Waals surface area (Å²) in [6.07, 6.45) is 0. The second-order valence-electron chi connectivity index (χ2n) is 0.204. The van der Waals surface area contributed by atoms with E-state index in [-0.39, 0.29) is 18.2 Å². The van der Waals surface area contributed by atoms with Gasteiger partial charge >= 0.3 is 44.9 Å². The molecule has 0 unspecified atom stereocenters. The van der Waals surface area contributed by atoms with Crippen molar-refractivity contribution in [1.82, 2.24) is 0 Å². The van der Waals surface area contributed by atoms with Gasteiger partial charge in [0.2, 0.25) is 0 Å². The zero-order chi connectivity index (χ0) is 3.58. The van der Waals surface area contributed by atoms with Crippen LogP contribution in [0, 0.1) is 0 Å². The van der Waals surface area contributed by atoms with E-state index in [2.05, 4.69) is 0 Å². The van der Waals surface area contributed by atoms with E-state index in [1.807, 2.05) is 0 Å². The molecule has 0 aliphatic rings. The van der Waals surface area contributed by atoms with Crippen LogP contribution < -0.4 is 8.38 Å². The summed E-state index contributed by atoms with van der Waals surface area (Å²) in [6, 6.07) is 0. The Balaban J connectivity index is -0.0000000450. The van der Waals surface area contributed by atoms with Gasteiger partial charge in [-0.15, -0.1) is 0 Å². The monoisotopic (exact) mass is 188 g/mol. The molecule has 1 radical (unpaired) electrons. The minimum atomic E-state index is -3.79. The van der Waals surface area contributed by atoms with Crippen LogP contribution in [0.3, 0.4) is 0 Å². The molecule has 0 aromatic heterocycles. The predicted octanol–water partition coefficient (Wildman–Crippen LogP) is -2.77. The smallest absolute Gasteiger partial charge is 1.00 e. The van der Waals surface area contributed by atoms with Gasteiger partial charge in [-0.25, -0.2) is 0 Å². The molecular formula is HCoO3Se+. The van der Waals surface area contributed by atoms with E-state index in [0.717, 1.165) is 0 Å². The van der Waals surface area contributed by atoms with E-state index in [1.54, 1.807) is 0 Å². The number of hydrogen-bond donors (Lipinski definition) is 0. The quantitative estimate of drug-likeness (QED) is 0.385. The molecule has 0 N–H and O–H groups in total. The molecule has 0 heterocycles. The Morgan fingerprint density at radius 3 is 1.60 bits per heavy atom. The van der Waals surface area contributed by atoms with Crippen molar-refractivity contribution in [2.45, 2.75) is 0 Å². The van der Waals surface area contributed by atoms with Crippen LogP contribution in [0.4, 0.5) is 0 Å². The van der Waals surface area contributed by atoms with Crippen LogP contribution in [-0.2, 0) is 20.6 Å². The van der Waals surface area contributed by atoms with Crippen LogP contribution in [0.1, 0.15) is 1.43 Å². The molecule has 0 aliphatic carbocycles. The van der Waals surface area contributed by atoms with Crippen LogP contribution in [0.25, 0.3) is 0 Å². The van der Waals surface area contributed by atoms with Gasteiger partial charge in [0, 0.05) is 0 Å². The second kappa shape index (κ2) is 4.75. The van der Waals surface area contributed by atoms with Crippen molar-refractivity contribution >= 4 is 14.5 Å². The molecule has 5 heteroatoms. The number of hydrogen-bond acceptors (Lipinski definition) is 3.